The lowest BCUT2D eigenvalue weighted by Gasteiger charge is -2.32. The van der Waals surface area contributed by atoms with Crippen LogP contribution < -0.4 is 10.1 Å². The molecule has 0 aliphatic carbocycles. The fourth-order valence-corrected chi connectivity index (χ4v) is 2.63. The molecule has 1 fully saturated rings. The first kappa shape index (κ1) is 16.6. The second-order valence-electron chi connectivity index (χ2n) is 4.75. The van der Waals surface area contributed by atoms with Gasteiger partial charge in [-0.3, -0.25) is 4.90 Å². The topological polar surface area (TPSA) is 24.5 Å². The zero-order valence-corrected chi connectivity index (χ0v) is 13.1. The zero-order valence-electron chi connectivity index (χ0n) is 11.5. The highest BCUT2D eigenvalue weighted by atomic mass is 35.5. The summed E-state index contributed by atoms with van der Waals surface area (Å²) >= 11 is 6.20. The van der Waals surface area contributed by atoms with Crippen LogP contribution in [0.5, 0.6) is 5.75 Å². The van der Waals surface area contributed by atoms with Crippen LogP contribution in [0.25, 0.3) is 0 Å². The van der Waals surface area contributed by atoms with Crippen LogP contribution in [0, 0.1) is 0 Å². The Bertz CT molecular complexity index is 401. The molecule has 0 aromatic heterocycles. The summed E-state index contributed by atoms with van der Waals surface area (Å²) in [6.45, 7) is 8.94. The second-order valence-corrected chi connectivity index (χ2v) is 5.16. The van der Waals surface area contributed by atoms with Gasteiger partial charge in [0, 0.05) is 37.8 Å². The van der Waals surface area contributed by atoms with Gasteiger partial charge >= 0.3 is 0 Å². The molecule has 2 rings (SSSR count). The van der Waals surface area contributed by atoms with Gasteiger partial charge in [-0.2, -0.15) is 0 Å². The van der Waals surface area contributed by atoms with E-state index in [0.717, 1.165) is 31.9 Å². The molecule has 1 atom stereocenters. The van der Waals surface area contributed by atoms with E-state index in [-0.39, 0.29) is 12.4 Å². The Morgan fingerprint density at radius 2 is 2.26 bits per heavy atom. The number of nitrogens with one attached hydrogen (secondary N) is 1. The summed E-state index contributed by atoms with van der Waals surface area (Å²) in [7, 11) is 0. The Morgan fingerprint density at radius 3 is 2.95 bits per heavy atom. The highest BCUT2D eigenvalue weighted by molar-refractivity contribution is 6.32. The van der Waals surface area contributed by atoms with Crippen molar-refractivity contribution in [2.75, 3.05) is 26.2 Å². The van der Waals surface area contributed by atoms with Crippen LogP contribution in [0.1, 0.15) is 19.4 Å². The lowest BCUT2D eigenvalue weighted by Crippen LogP contribution is -2.48. The van der Waals surface area contributed by atoms with E-state index in [1.807, 2.05) is 19.1 Å². The summed E-state index contributed by atoms with van der Waals surface area (Å²) in [6, 6.07) is 6.53. The zero-order chi connectivity index (χ0) is 13.0. The summed E-state index contributed by atoms with van der Waals surface area (Å²) in [5.74, 6) is 0.841. The number of para-hydroxylation sites is 1. The molecule has 1 aromatic rings. The monoisotopic (exact) mass is 304 g/mol. The van der Waals surface area contributed by atoms with Gasteiger partial charge in [-0.25, -0.2) is 0 Å². The molecule has 5 heteroatoms. The molecular weight excluding hydrogens is 283 g/mol. The van der Waals surface area contributed by atoms with E-state index < -0.39 is 0 Å². The Balaban J connectivity index is 0.00000180. The summed E-state index contributed by atoms with van der Waals surface area (Å²) in [6.07, 6.45) is 0. The quantitative estimate of drug-likeness (QED) is 0.925. The summed E-state index contributed by atoms with van der Waals surface area (Å²) in [5.41, 5.74) is 1.18. The van der Waals surface area contributed by atoms with Crippen molar-refractivity contribution < 1.29 is 4.74 Å². The Kier molecular flexibility index (Phi) is 6.94. The third-order valence-electron chi connectivity index (χ3n) is 3.18. The van der Waals surface area contributed by atoms with Crippen LogP contribution in [-0.4, -0.2) is 37.2 Å². The lowest BCUT2D eigenvalue weighted by molar-refractivity contribution is 0.196. The van der Waals surface area contributed by atoms with E-state index >= 15 is 0 Å². The van der Waals surface area contributed by atoms with Crippen molar-refractivity contribution in [3.63, 3.8) is 0 Å². The van der Waals surface area contributed by atoms with Gasteiger partial charge in [-0.05, 0) is 19.9 Å². The fourth-order valence-electron chi connectivity index (χ4n) is 2.38. The smallest absolute Gasteiger partial charge is 0.142 e. The van der Waals surface area contributed by atoms with Crippen molar-refractivity contribution in [3.05, 3.63) is 28.8 Å². The van der Waals surface area contributed by atoms with Gasteiger partial charge < -0.3 is 10.1 Å². The first-order valence-corrected chi connectivity index (χ1v) is 6.94. The number of nitrogens with zero attached hydrogens (tertiary/aromatic N) is 1. The molecule has 19 heavy (non-hydrogen) atoms. The van der Waals surface area contributed by atoms with Crippen LogP contribution >= 0.6 is 24.0 Å². The molecule has 1 N–H and O–H groups in total. The molecule has 0 saturated carbocycles. The van der Waals surface area contributed by atoms with Crippen LogP contribution in [0.3, 0.4) is 0 Å². The normalized spacial score (nSPS) is 19.8. The van der Waals surface area contributed by atoms with Gasteiger partial charge in [-0.1, -0.05) is 23.7 Å². The van der Waals surface area contributed by atoms with Crippen molar-refractivity contribution in [2.24, 2.45) is 0 Å². The number of ether oxygens (including phenoxy) is 1. The number of piperazine rings is 1. The third-order valence-corrected chi connectivity index (χ3v) is 3.48. The lowest BCUT2D eigenvalue weighted by atomic mass is 10.1. The van der Waals surface area contributed by atoms with Crippen LogP contribution in [0.2, 0.25) is 5.02 Å². The molecule has 0 unspecified atom stereocenters. The van der Waals surface area contributed by atoms with Gasteiger partial charge in [0.2, 0.25) is 0 Å². The maximum atomic E-state index is 6.20. The van der Waals surface area contributed by atoms with Crippen LogP contribution in [-0.2, 0) is 6.54 Å². The number of halogens is 2. The van der Waals surface area contributed by atoms with Crippen molar-refractivity contribution in [1.29, 1.82) is 0 Å². The Morgan fingerprint density at radius 1 is 1.47 bits per heavy atom. The van der Waals surface area contributed by atoms with Crippen LogP contribution in [0.15, 0.2) is 18.2 Å². The van der Waals surface area contributed by atoms with E-state index in [4.69, 9.17) is 16.3 Å². The summed E-state index contributed by atoms with van der Waals surface area (Å²) < 4.78 is 5.66. The number of hydrogen-bond donors (Lipinski definition) is 1. The van der Waals surface area contributed by atoms with Gasteiger partial charge in [0.1, 0.15) is 5.75 Å². The molecule has 1 aliphatic heterocycles. The van der Waals surface area contributed by atoms with E-state index in [0.29, 0.717) is 17.7 Å². The first-order valence-electron chi connectivity index (χ1n) is 6.56. The maximum absolute atomic E-state index is 6.20. The minimum Gasteiger partial charge on any atom is -0.492 e. The largest absolute Gasteiger partial charge is 0.492 e. The molecule has 1 aliphatic rings. The third kappa shape index (κ3) is 4.53. The molecule has 1 saturated heterocycles. The van der Waals surface area contributed by atoms with Crippen molar-refractivity contribution >= 4 is 24.0 Å². The van der Waals surface area contributed by atoms with Crippen molar-refractivity contribution in [2.45, 2.75) is 26.4 Å². The van der Waals surface area contributed by atoms with Crippen molar-refractivity contribution in [3.8, 4) is 5.75 Å². The Hall–Kier alpha value is -0.480. The van der Waals surface area contributed by atoms with Gasteiger partial charge in [0.15, 0.2) is 0 Å². The van der Waals surface area contributed by atoms with E-state index in [1.54, 1.807) is 0 Å². The van der Waals surface area contributed by atoms with Gasteiger partial charge in [-0.15, -0.1) is 12.4 Å². The molecule has 3 nitrogen and oxygen atoms in total. The number of benzene rings is 1. The van der Waals surface area contributed by atoms with Gasteiger partial charge in [0.25, 0.3) is 0 Å². The predicted octanol–water partition coefficient (Wildman–Crippen LogP) is 2.95. The number of hydrogen-bond acceptors (Lipinski definition) is 3. The SMILES string of the molecule is CCOc1c(Cl)cccc1CN1CCN[C@@H](C)C1.Cl. The van der Waals surface area contributed by atoms with Gasteiger partial charge in [0.05, 0.1) is 11.6 Å². The molecule has 0 radical (unpaired) electrons. The van der Waals surface area contributed by atoms with Crippen LogP contribution in [0.4, 0.5) is 0 Å². The molecule has 108 valence electrons. The highest BCUT2D eigenvalue weighted by Gasteiger charge is 2.17. The first-order chi connectivity index (χ1) is 8.70. The Labute approximate surface area is 126 Å². The molecule has 0 bridgehead atoms. The molecule has 1 heterocycles. The molecule has 1 aromatic carbocycles. The van der Waals surface area contributed by atoms with E-state index in [9.17, 15) is 0 Å². The molecule has 0 spiro atoms. The maximum Gasteiger partial charge on any atom is 0.142 e. The summed E-state index contributed by atoms with van der Waals surface area (Å²) in [4.78, 5) is 2.44. The second kappa shape index (κ2) is 7.95. The van der Waals surface area contributed by atoms with E-state index in [2.05, 4.69) is 23.2 Å². The predicted molar refractivity (Wildman–Crippen MR) is 82.6 cm³/mol. The molecule has 0 amide bonds. The fraction of sp³-hybridized carbons (Fsp3) is 0.571. The van der Waals surface area contributed by atoms with E-state index in [1.165, 1.54) is 5.56 Å². The average Bonchev–Trinajstić information content (AvgIpc) is 2.34. The minimum absolute atomic E-state index is 0. The van der Waals surface area contributed by atoms with Crippen molar-refractivity contribution in [1.82, 2.24) is 10.2 Å². The average molecular weight is 305 g/mol. The number of rotatable bonds is 4. The standard InChI is InChI=1S/C14H21ClN2O.ClH/c1-3-18-14-12(5-4-6-13(14)15)10-17-8-7-16-11(2)9-17;/h4-6,11,16H,3,7-10H2,1-2H3;1H/t11-;/m0./s1. The summed E-state index contributed by atoms with van der Waals surface area (Å²) in [5, 5.41) is 4.16. The minimum atomic E-state index is 0. The highest BCUT2D eigenvalue weighted by Crippen LogP contribution is 2.29. The molecular formula is C14H22Cl2N2O.